The quantitative estimate of drug-likeness (QED) is 0.774. The highest BCUT2D eigenvalue weighted by Crippen LogP contribution is 2.48. The van der Waals surface area contributed by atoms with E-state index in [1.54, 1.807) is 11.3 Å². The Hall–Kier alpha value is -1.07. The zero-order chi connectivity index (χ0) is 12.2. The van der Waals surface area contributed by atoms with Gasteiger partial charge in [0.15, 0.2) is 0 Å². The predicted octanol–water partition coefficient (Wildman–Crippen LogP) is 1.81. The van der Waals surface area contributed by atoms with Crippen LogP contribution in [-0.2, 0) is 11.2 Å². The first-order chi connectivity index (χ1) is 8.13. The highest BCUT2D eigenvalue weighted by Gasteiger charge is 2.41. The molecule has 0 amide bonds. The Bertz CT molecular complexity index is 483. The molecule has 2 bridgehead atoms. The van der Waals surface area contributed by atoms with E-state index in [2.05, 4.69) is 11.9 Å². The van der Waals surface area contributed by atoms with E-state index in [0.717, 1.165) is 12.0 Å². The van der Waals surface area contributed by atoms with Gasteiger partial charge in [0.2, 0.25) is 0 Å². The van der Waals surface area contributed by atoms with Gasteiger partial charge in [0, 0.05) is 17.0 Å². The van der Waals surface area contributed by atoms with Crippen LogP contribution in [-0.4, -0.2) is 31.1 Å². The molecule has 1 fully saturated rings. The number of rotatable bonds is 1. The standard InChI is InChI=1S/C12H16N2O2S/c1-14-6-3-4-8(14)10-7(5-6)9(11(13)17-10)12(15)16-2/h6,8H,3-5,13H2,1-2H3. The first kappa shape index (κ1) is 11.0. The maximum absolute atomic E-state index is 11.8. The molecular formula is C12H16N2O2S. The largest absolute Gasteiger partial charge is 0.465 e. The molecule has 1 saturated heterocycles. The van der Waals surface area contributed by atoms with E-state index >= 15 is 0 Å². The van der Waals surface area contributed by atoms with Crippen LogP contribution in [0, 0.1) is 0 Å². The molecule has 0 aliphatic carbocycles. The van der Waals surface area contributed by atoms with E-state index in [-0.39, 0.29) is 5.97 Å². The fraction of sp³-hybridized carbons (Fsp3) is 0.583. The second-order valence-electron chi connectivity index (χ2n) is 4.79. The van der Waals surface area contributed by atoms with Crippen molar-refractivity contribution in [2.75, 3.05) is 19.9 Å². The molecule has 0 spiro atoms. The van der Waals surface area contributed by atoms with Gasteiger partial charge >= 0.3 is 5.97 Å². The van der Waals surface area contributed by atoms with E-state index in [0.29, 0.717) is 22.6 Å². The summed E-state index contributed by atoms with van der Waals surface area (Å²) >= 11 is 1.56. The van der Waals surface area contributed by atoms with Crippen molar-refractivity contribution < 1.29 is 9.53 Å². The van der Waals surface area contributed by atoms with Gasteiger partial charge in [-0.05, 0) is 31.9 Å². The van der Waals surface area contributed by atoms with E-state index in [1.165, 1.54) is 24.8 Å². The van der Waals surface area contributed by atoms with Crippen molar-refractivity contribution in [2.24, 2.45) is 0 Å². The minimum Gasteiger partial charge on any atom is -0.465 e. The molecule has 0 saturated carbocycles. The van der Waals surface area contributed by atoms with E-state index < -0.39 is 0 Å². The number of anilines is 1. The molecule has 2 aliphatic heterocycles. The molecule has 3 heterocycles. The van der Waals surface area contributed by atoms with Crippen molar-refractivity contribution in [3.05, 3.63) is 16.0 Å². The highest BCUT2D eigenvalue weighted by molar-refractivity contribution is 7.16. The van der Waals surface area contributed by atoms with Gasteiger partial charge in [-0.25, -0.2) is 4.79 Å². The van der Waals surface area contributed by atoms with Crippen LogP contribution < -0.4 is 5.73 Å². The number of methoxy groups -OCH3 is 1. The number of thiophene rings is 1. The van der Waals surface area contributed by atoms with E-state index in [1.807, 2.05) is 0 Å². The lowest BCUT2D eigenvalue weighted by Gasteiger charge is -2.31. The van der Waals surface area contributed by atoms with Crippen molar-refractivity contribution in [1.29, 1.82) is 0 Å². The van der Waals surface area contributed by atoms with Gasteiger partial charge in [0.05, 0.1) is 12.7 Å². The lowest BCUT2D eigenvalue weighted by molar-refractivity contribution is 0.0600. The molecule has 1 aromatic rings. The summed E-state index contributed by atoms with van der Waals surface area (Å²) in [5.41, 5.74) is 7.74. The van der Waals surface area contributed by atoms with Gasteiger partial charge in [-0.15, -0.1) is 11.3 Å². The number of nitrogens with two attached hydrogens (primary N) is 1. The number of nitrogen functional groups attached to an aromatic ring is 1. The van der Waals surface area contributed by atoms with Crippen LogP contribution in [0.4, 0.5) is 5.00 Å². The van der Waals surface area contributed by atoms with Gasteiger partial charge in [-0.1, -0.05) is 0 Å². The summed E-state index contributed by atoms with van der Waals surface area (Å²) in [5.74, 6) is -0.288. The number of carbonyl (C=O) groups excluding carboxylic acids is 1. The zero-order valence-corrected chi connectivity index (χ0v) is 10.8. The fourth-order valence-electron chi connectivity index (χ4n) is 3.11. The van der Waals surface area contributed by atoms with Gasteiger partial charge in [-0.2, -0.15) is 0 Å². The van der Waals surface area contributed by atoms with Crippen LogP contribution in [0.15, 0.2) is 0 Å². The van der Waals surface area contributed by atoms with Crippen molar-refractivity contribution >= 4 is 22.3 Å². The molecule has 4 nitrogen and oxygen atoms in total. The Kier molecular flexibility index (Phi) is 2.41. The number of fused-ring (bicyclic) bond motifs is 4. The smallest absolute Gasteiger partial charge is 0.341 e. The fourth-order valence-corrected chi connectivity index (χ4v) is 4.38. The Morgan fingerprint density at radius 1 is 1.53 bits per heavy atom. The third kappa shape index (κ3) is 1.42. The molecule has 2 atom stereocenters. The predicted molar refractivity (Wildman–Crippen MR) is 67.3 cm³/mol. The van der Waals surface area contributed by atoms with Crippen molar-refractivity contribution in [1.82, 2.24) is 4.90 Å². The molecule has 92 valence electrons. The minimum atomic E-state index is -0.288. The third-order valence-corrected chi connectivity index (χ3v) is 5.20. The zero-order valence-electron chi connectivity index (χ0n) is 10.0. The minimum absolute atomic E-state index is 0.288. The number of carbonyl (C=O) groups is 1. The number of likely N-dealkylation sites (N-methyl/N-ethyl adjacent to an activating group) is 1. The maximum atomic E-state index is 11.8. The summed E-state index contributed by atoms with van der Waals surface area (Å²) in [5, 5.41) is 0.614. The summed E-state index contributed by atoms with van der Waals surface area (Å²) in [4.78, 5) is 15.5. The summed E-state index contributed by atoms with van der Waals surface area (Å²) in [7, 11) is 3.58. The van der Waals surface area contributed by atoms with Crippen LogP contribution in [0.3, 0.4) is 0 Å². The van der Waals surface area contributed by atoms with Gasteiger partial charge in [-0.3, -0.25) is 4.90 Å². The lowest BCUT2D eigenvalue weighted by Crippen LogP contribution is -2.33. The van der Waals surface area contributed by atoms with Gasteiger partial charge in [0.1, 0.15) is 5.00 Å². The molecule has 1 aromatic heterocycles. The molecule has 2 N–H and O–H groups in total. The Labute approximate surface area is 104 Å². The van der Waals surface area contributed by atoms with Crippen LogP contribution in [0.25, 0.3) is 0 Å². The Balaban J connectivity index is 2.12. The van der Waals surface area contributed by atoms with Gasteiger partial charge in [0.25, 0.3) is 0 Å². The maximum Gasteiger partial charge on any atom is 0.341 e. The van der Waals surface area contributed by atoms with E-state index in [4.69, 9.17) is 10.5 Å². The highest BCUT2D eigenvalue weighted by atomic mass is 32.1. The number of nitrogens with zero attached hydrogens (tertiary/aromatic N) is 1. The molecule has 0 radical (unpaired) electrons. The van der Waals surface area contributed by atoms with Crippen molar-refractivity contribution in [2.45, 2.75) is 31.3 Å². The molecule has 5 heteroatoms. The Morgan fingerprint density at radius 2 is 2.29 bits per heavy atom. The summed E-state index contributed by atoms with van der Waals surface area (Å²) in [6.07, 6.45) is 3.32. The topological polar surface area (TPSA) is 55.6 Å². The molecule has 0 aromatic carbocycles. The van der Waals surface area contributed by atoms with Crippen LogP contribution in [0.5, 0.6) is 0 Å². The van der Waals surface area contributed by atoms with Gasteiger partial charge < -0.3 is 10.5 Å². The average Bonchev–Trinajstić information content (AvgIpc) is 2.75. The lowest BCUT2D eigenvalue weighted by atomic mass is 9.97. The van der Waals surface area contributed by atoms with E-state index in [9.17, 15) is 4.79 Å². The summed E-state index contributed by atoms with van der Waals surface area (Å²) in [6.45, 7) is 0. The van der Waals surface area contributed by atoms with Crippen LogP contribution in [0.1, 0.15) is 39.7 Å². The second kappa shape index (κ2) is 3.71. The van der Waals surface area contributed by atoms with Crippen molar-refractivity contribution in [3.63, 3.8) is 0 Å². The SMILES string of the molecule is COC(=O)c1c(N)sc2c1CC1CCC2N1C. The summed E-state index contributed by atoms with van der Waals surface area (Å²) in [6, 6.07) is 1.01. The number of ether oxygens (including phenoxy) is 1. The number of hydrogen-bond donors (Lipinski definition) is 1. The first-order valence-electron chi connectivity index (χ1n) is 5.84. The molecule has 2 aliphatic rings. The number of esters is 1. The first-order valence-corrected chi connectivity index (χ1v) is 6.66. The number of hydrogen-bond acceptors (Lipinski definition) is 5. The molecule has 17 heavy (non-hydrogen) atoms. The monoisotopic (exact) mass is 252 g/mol. The van der Waals surface area contributed by atoms with Crippen LogP contribution >= 0.6 is 11.3 Å². The third-order valence-electron chi connectivity index (χ3n) is 4.04. The molecule has 3 rings (SSSR count). The van der Waals surface area contributed by atoms with Crippen molar-refractivity contribution in [3.8, 4) is 0 Å². The second-order valence-corrected chi connectivity index (χ2v) is 5.88. The summed E-state index contributed by atoms with van der Waals surface area (Å²) < 4.78 is 4.83. The Morgan fingerprint density at radius 3 is 3.00 bits per heavy atom. The molecule has 2 unspecified atom stereocenters. The molecular weight excluding hydrogens is 236 g/mol. The average molecular weight is 252 g/mol. The normalized spacial score (nSPS) is 26.9. The van der Waals surface area contributed by atoms with Crippen LogP contribution in [0.2, 0.25) is 0 Å².